The molecule has 2 nitrogen and oxygen atoms in total. The van der Waals surface area contributed by atoms with Crippen LogP contribution in [0.1, 0.15) is 5.56 Å². The standard InChI is InChI=1S/C13H10ClF2NO/c1-7-4-12(17)9(14)6-13(7)18-8-2-3-10(15)11(16)5-8/h2-6H,17H2,1H3. The molecule has 0 aromatic heterocycles. The number of nitrogen functional groups attached to an aromatic ring is 1. The van der Waals surface area contributed by atoms with E-state index in [1.807, 2.05) is 0 Å². The molecule has 0 aliphatic carbocycles. The van der Waals surface area contributed by atoms with Gasteiger partial charge in [0.1, 0.15) is 11.5 Å². The molecule has 0 spiro atoms. The Morgan fingerprint density at radius 2 is 1.83 bits per heavy atom. The van der Waals surface area contributed by atoms with E-state index in [0.717, 1.165) is 17.7 Å². The average Bonchev–Trinajstić information content (AvgIpc) is 2.31. The molecule has 0 heterocycles. The second kappa shape index (κ2) is 4.82. The number of rotatable bonds is 2. The highest BCUT2D eigenvalue weighted by molar-refractivity contribution is 6.33. The van der Waals surface area contributed by atoms with Crippen LogP contribution in [0.2, 0.25) is 5.02 Å². The third-order valence-corrected chi connectivity index (χ3v) is 2.74. The first kappa shape index (κ1) is 12.6. The molecule has 5 heteroatoms. The highest BCUT2D eigenvalue weighted by Gasteiger charge is 2.08. The molecular formula is C13H10ClF2NO. The molecule has 0 saturated heterocycles. The van der Waals surface area contributed by atoms with Crippen LogP contribution in [-0.4, -0.2) is 0 Å². The van der Waals surface area contributed by atoms with Gasteiger partial charge in [0.2, 0.25) is 0 Å². The molecule has 0 atom stereocenters. The van der Waals surface area contributed by atoms with Gasteiger partial charge in [0.25, 0.3) is 0 Å². The van der Waals surface area contributed by atoms with E-state index in [4.69, 9.17) is 22.1 Å². The molecule has 2 aromatic rings. The number of anilines is 1. The summed E-state index contributed by atoms with van der Waals surface area (Å²) in [6, 6.07) is 6.49. The van der Waals surface area contributed by atoms with Crippen molar-refractivity contribution in [3.05, 3.63) is 52.6 Å². The maximum absolute atomic E-state index is 13.0. The molecule has 2 rings (SSSR count). The van der Waals surface area contributed by atoms with Crippen LogP contribution in [0, 0.1) is 18.6 Å². The van der Waals surface area contributed by atoms with E-state index in [2.05, 4.69) is 0 Å². The van der Waals surface area contributed by atoms with Crippen molar-refractivity contribution in [2.24, 2.45) is 0 Å². The van der Waals surface area contributed by atoms with Crippen LogP contribution in [0.5, 0.6) is 11.5 Å². The monoisotopic (exact) mass is 269 g/mol. The maximum atomic E-state index is 13.0. The predicted molar refractivity (Wildman–Crippen MR) is 67.0 cm³/mol. The van der Waals surface area contributed by atoms with Crippen molar-refractivity contribution >= 4 is 17.3 Å². The zero-order chi connectivity index (χ0) is 13.3. The van der Waals surface area contributed by atoms with Crippen LogP contribution in [0.3, 0.4) is 0 Å². The molecule has 0 unspecified atom stereocenters. The number of aryl methyl sites for hydroxylation is 1. The Morgan fingerprint density at radius 1 is 1.11 bits per heavy atom. The number of ether oxygens (including phenoxy) is 1. The van der Waals surface area contributed by atoms with E-state index in [0.29, 0.717) is 16.5 Å². The van der Waals surface area contributed by atoms with Gasteiger partial charge in [-0.3, -0.25) is 0 Å². The van der Waals surface area contributed by atoms with Crippen molar-refractivity contribution in [2.75, 3.05) is 5.73 Å². The summed E-state index contributed by atoms with van der Waals surface area (Å²) in [7, 11) is 0. The Kier molecular flexibility index (Phi) is 3.39. The van der Waals surface area contributed by atoms with E-state index < -0.39 is 11.6 Å². The molecule has 0 aliphatic rings. The summed E-state index contributed by atoms with van der Waals surface area (Å²) in [6.45, 7) is 1.78. The number of nitrogens with two attached hydrogens (primary N) is 1. The van der Waals surface area contributed by atoms with E-state index in [1.165, 1.54) is 12.1 Å². The zero-order valence-electron chi connectivity index (χ0n) is 9.51. The van der Waals surface area contributed by atoms with Crippen LogP contribution in [-0.2, 0) is 0 Å². The lowest BCUT2D eigenvalue weighted by atomic mass is 10.2. The molecular weight excluding hydrogens is 260 g/mol. The van der Waals surface area contributed by atoms with Crippen molar-refractivity contribution < 1.29 is 13.5 Å². The van der Waals surface area contributed by atoms with Crippen LogP contribution < -0.4 is 10.5 Å². The van der Waals surface area contributed by atoms with Gasteiger partial charge < -0.3 is 10.5 Å². The van der Waals surface area contributed by atoms with Crippen LogP contribution in [0.25, 0.3) is 0 Å². The van der Waals surface area contributed by atoms with Gasteiger partial charge in [-0.2, -0.15) is 0 Å². The minimum absolute atomic E-state index is 0.192. The number of hydrogen-bond acceptors (Lipinski definition) is 2. The summed E-state index contributed by atoms with van der Waals surface area (Å²) >= 11 is 5.87. The van der Waals surface area contributed by atoms with Crippen molar-refractivity contribution in [2.45, 2.75) is 6.92 Å². The Hall–Kier alpha value is -1.81. The minimum Gasteiger partial charge on any atom is -0.457 e. The van der Waals surface area contributed by atoms with Gasteiger partial charge in [0.15, 0.2) is 11.6 Å². The molecule has 0 amide bonds. The molecule has 0 aliphatic heterocycles. The van der Waals surface area contributed by atoms with Gasteiger partial charge in [-0.05, 0) is 30.7 Å². The Morgan fingerprint density at radius 3 is 2.50 bits per heavy atom. The first-order valence-electron chi connectivity index (χ1n) is 5.16. The third kappa shape index (κ3) is 2.54. The number of benzene rings is 2. The summed E-state index contributed by atoms with van der Waals surface area (Å²) in [5.41, 5.74) is 6.82. The molecule has 0 radical (unpaired) electrons. The summed E-state index contributed by atoms with van der Waals surface area (Å²) in [4.78, 5) is 0. The Balaban J connectivity index is 2.34. The largest absolute Gasteiger partial charge is 0.457 e. The Labute approximate surface area is 108 Å². The molecule has 0 fully saturated rings. The topological polar surface area (TPSA) is 35.2 Å². The summed E-state index contributed by atoms with van der Waals surface area (Å²) in [6.07, 6.45) is 0. The smallest absolute Gasteiger partial charge is 0.162 e. The van der Waals surface area contributed by atoms with Gasteiger partial charge in [-0.15, -0.1) is 0 Å². The molecule has 2 N–H and O–H groups in total. The van der Waals surface area contributed by atoms with Gasteiger partial charge in [-0.25, -0.2) is 8.78 Å². The second-order valence-corrected chi connectivity index (χ2v) is 4.22. The molecule has 94 valence electrons. The molecule has 0 bridgehead atoms. The Bertz CT molecular complexity index is 602. The zero-order valence-corrected chi connectivity index (χ0v) is 10.3. The van der Waals surface area contributed by atoms with Gasteiger partial charge >= 0.3 is 0 Å². The number of halogens is 3. The number of hydrogen-bond donors (Lipinski definition) is 1. The second-order valence-electron chi connectivity index (χ2n) is 3.82. The first-order valence-corrected chi connectivity index (χ1v) is 5.53. The first-order chi connectivity index (χ1) is 8.47. The normalized spacial score (nSPS) is 10.4. The highest BCUT2D eigenvalue weighted by Crippen LogP contribution is 2.32. The molecule has 18 heavy (non-hydrogen) atoms. The quantitative estimate of drug-likeness (QED) is 0.825. The highest BCUT2D eigenvalue weighted by atomic mass is 35.5. The average molecular weight is 270 g/mol. The van der Waals surface area contributed by atoms with Crippen molar-refractivity contribution in [3.63, 3.8) is 0 Å². The molecule has 2 aromatic carbocycles. The van der Waals surface area contributed by atoms with Gasteiger partial charge in [-0.1, -0.05) is 11.6 Å². The lowest BCUT2D eigenvalue weighted by Crippen LogP contribution is -1.93. The van der Waals surface area contributed by atoms with E-state index in [9.17, 15) is 8.78 Å². The van der Waals surface area contributed by atoms with Crippen LogP contribution in [0.4, 0.5) is 14.5 Å². The third-order valence-electron chi connectivity index (χ3n) is 2.41. The lowest BCUT2D eigenvalue weighted by Gasteiger charge is -2.10. The van der Waals surface area contributed by atoms with Crippen LogP contribution >= 0.6 is 11.6 Å². The maximum Gasteiger partial charge on any atom is 0.162 e. The molecule has 0 saturated carbocycles. The summed E-state index contributed by atoms with van der Waals surface area (Å²) in [5.74, 6) is -1.25. The predicted octanol–water partition coefficient (Wildman–Crippen LogP) is 4.30. The minimum atomic E-state index is -0.966. The SMILES string of the molecule is Cc1cc(N)c(Cl)cc1Oc1ccc(F)c(F)c1. The fourth-order valence-corrected chi connectivity index (χ4v) is 1.62. The lowest BCUT2D eigenvalue weighted by molar-refractivity contribution is 0.459. The van der Waals surface area contributed by atoms with Crippen molar-refractivity contribution in [3.8, 4) is 11.5 Å². The van der Waals surface area contributed by atoms with Crippen molar-refractivity contribution in [1.29, 1.82) is 0 Å². The van der Waals surface area contributed by atoms with Gasteiger partial charge in [0.05, 0.1) is 10.7 Å². The van der Waals surface area contributed by atoms with Gasteiger partial charge in [0, 0.05) is 12.1 Å². The summed E-state index contributed by atoms with van der Waals surface area (Å²) in [5, 5.41) is 0.346. The van der Waals surface area contributed by atoms with Crippen LogP contribution in [0.15, 0.2) is 30.3 Å². The van der Waals surface area contributed by atoms with E-state index >= 15 is 0 Å². The van der Waals surface area contributed by atoms with E-state index in [-0.39, 0.29) is 5.75 Å². The van der Waals surface area contributed by atoms with E-state index in [1.54, 1.807) is 13.0 Å². The van der Waals surface area contributed by atoms with Crippen molar-refractivity contribution in [1.82, 2.24) is 0 Å². The summed E-state index contributed by atoms with van der Waals surface area (Å²) < 4.78 is 31.2. The fraction of sp³-hybridized carbons (Fsp3) is 0.0769. The fourth-order valence-electron chi connectivity index (χ4n) is 1.46.